The number of non-ortho nitro benzene ring substituents is 1. The van der Waals surface area contributed by atoms with Crippen LogP contribution in [0.1, 0.15) is 24.0 Å². The SMILES string of the molecule is COc1ccccc1CCNC(=O)CN1CN(c2ccccc2)C2(CCN(C(=O)C=Cc3ccc([N+](=O)[O-])cc3)CC2)C1=O. The van der Waals surface area contributed by atoms with Crippen molar-refractivity contribution in [1.82, 2.24) is 15.1 Å². The number of hydrogen-bond acceptors (Lipinski definition) is 7. The van der Waals surface area contributed by atoms with E-state index in [0.29, 0.717) is 44.5 Å². The summed E-state index contributed by atoms with van der Waals surface area (Å²) in [7, 11) is 1.61. The van der Waals surface area contributed by atoms with E-state index in [1.807, 2.05) is 54.6 Å². The van der Waals surface area contributed by atoms with Crippen LogP contribution in [0.4, 0.5) is 11.4 Å². The molecule has 2 aliphatic heterocycles. The van der Waals surface area contributed by atoms with E-state index >= 15 is 0 Å². The molecule has 0 aromatic heterocycles. The standard InChI is InChI=1S/C33H35N5O6/c1-44-29-10-6-5-7-26(29)17-20-34-30(39)23-36-24-37(27-8-3-2-4-9-27)33(32(36)41)18-21-35(22-19-33)31(40)16-13-25-11-14-28(15-12-25)38(42)43/h2-16H,17-24H2,1H3,(H,34,39). The molecule has 11 heteroatoms. The summed E-state index contributed by atoms with van der Waals surface area (Å²) in [5.74, 6) is 0.224. The molecule has 5 rings (SSSR count). The maximum absolute atomic E-state index is 14.0. The Morgan fingerprint density at radius 3 is 2.36 bits per heavy atom. The van der Waals surface area contributed by atoms with E-state index in [9.17, 15) is 24.5 Å². The van der Waals surface area contributed by atoms with E-state index in [2.05, 4.69) is 10.2 Å². The molecule has 0 bridgehead atoms. The van der Waals surface area contributed by atoms with Gasteiger partial charge in [-0.25, -0.2) is 0 Å². The lowest BCUT2D eigenvalue weighted by atomic mass is 9.85. The van der Waals surface area contributed by atoms with Crippen molar-refractivity contribution in [3.8, 4) is 5.75 Å². The van der Waals surface area contributed by atoms with Gasteiger partial charge in [-0.2, -0.15) is 0 Å². The fourth-order valence-electron chi connectivity index (χ4n) is 5.87. The van der Waals surface area contributed by atoms with Gasteiger partial charge >= 0.3 is 0 Å². The molecule has 0 saturated carbocycles. The van der Waals surface area contributed by atoms with Crippen LogP contribution < -0.4 is 15.0 Å². The van der Waals surface area contributed by atoms with Crippen LogP contribution in [0.15, 0.2) is 84.9 Å². The molecule has 1 spiro atoms. The second-order valence-corrected chi connectivity index (χ2v) is 10.9. The van der Waals surface area contributed by atoms with Crippen molar-refractivity contribution in [2.45, 2.75) is 24.8 Å². The maximum atomic E-state index is 14.0. The number of carbonyl (C=O) groups excluding carboxylic acids is 3. The average Bonchev–Trinajstić information content (AvgIpc) is 3.30. The molecule has 3 aromatic carbocycles. The summed E-state index contributed by atoms with van der Waals surface area (Å²) in [6.45, 7) is 1.38. The molecular weight excluding hydrogens is 562 g/mol. The number of carbonyl (C=O) groups is 3. The van der Waals surface area contributed by atoms with Gasteiger partial charge in [-0.3, -0.25) is 24.5 Å². The van der Waals surface area contributed by atoms with Crippen LogP contribution in [0.25, 0.3) is 6.08 Å². The maximum Gasteiger partial charge on any atom is 0.269 e. The van der Waals surface area contributed by atoms with Crippen molar-refractivity contribution in [1.29, 1.82) is 0 Å². The first-order valence-electron chi connectivity index (χ1n) is 14.5. The number of hydrogen-bond donors (Lipinski definition) is 1. The summed E-state index contributed by atoms with van der Waals surface area (Å²) in [5, 5.41) is 13.8. The van der Waals surface area contributed by atoms with Gasteiger partial charge in [-0.1, -0.05) is 36.4 Å². The number of ether oxygens (including phenoxy) is 1. The predicted octanol–water partition coefficient (Wildman–Crippen LogP) is 3.64. The number of amides is 3. The first-order valence-corrected chi connectivity index (χ1v) is 14.5. The number of nitro groups is 1. The van der Waals surface area contributed by atoms with Crippen molar-refractivity contribution >= 4 is 35.2 Å². The number of rotatable bonds is 10. The number of nitro benzene ring substituents is 1. The van der Waals surface area contributed by atoms with Crippen molar-refractivity contribution in [2.24, 2.45) is 0 Å². The number of nitrogens with zero attached hydrogens (tertiary/aromatic N) is 4. The van der Waals surface area contributed by atoms with Crippen molar-refractivity contribution in [3.05, 3.63) is 106 Å². The Hall–Kier alpha value is -5.19. The average molecular weight is 598 g/mol. The van der Waals surface area contributed by atoms with E-state index in [0.717, 1.165) is 17.0 Å². The zero-order valence-electron chi connectivity index (χ0n) is 24.6. The molecule has 1 N–H and O–H groups in total. The highest BCUT2D eigenvalue weighted by molar-refractivity contribution is 5.97. The second kappa shape index (κ2) is 13.4. The van der Waals surface area contributed by atoms with E-state index in [1.54, 1.807) is 35.1 Å². The van der Waals surface area contributed by atoms with Crippen LogP contribution >= 0.6 is 0 Å². The van der Waals surface area contributed by atoms with Crippen LogP contribution in [-0.4, -0.2) is 77.9 Å². The summed E-state index contributed by atoms with van der Waals surface area (Å²) in [6, 6.07) is 23.3. The molecule has 2 saturated heterocycles. The predicted molar refractivity (Wildman–Crippen MR) is 166 cm³/mol. The molecule has 0 radical (unpaired) electrons. The molecule has 0 unspecified atom stereocenters. The quantitative estimate of drug-likeness (QED) is 0.215. The van der Waals surface area contributed by atoms with Gasteiger partial charge in [-0.05, 0) is 66.8 Å². The Morgan fingerprint density at radius 1 is 1.00 bits per heavy atom. The van der Waals surface area contributed by atoms with E-state index < -0.39 is 10.5 Å². The van der Waals surface area contributed by atoms with Crippen LogP contribution in [-0.2, 0) is 20.8 Å². The Bertz CT molecular complexity index is 1530. The van der Waals surface area contributed by atoms with Gasteiger partial charge in [0.15, 0.2) is 0 Å². The first-order chi connectivity index (χ1) is 21.3. The van der Waals surface area contributed by atoms with Gasteiger partial charge in [0.05, 0.1) is 18.7 Å². The largest absolute Gasteiger partial charge is 0.496 e. The van der Waals surface area contributed by atoms with Gasteiger partial charge in [0.25, 0.3) is 11.6 Å². The fourth-order valence-corrected chi connectivity index (χ4v) is 5.87. The van der Waals surface area contributed by atoms with Crippen molar-refractivity contribution in [2.75, 3.05) is 44.9 Å². The minimum atomic E-state index is -0.863. The molecule has 11 nitrogen and oxygen atoms in total. The molecule has 3 aromatic rings. The summed E-state index contributed by atoms with van der Waals surface area (Å²) >= 11 is 0. The normalized spacial score (nSPS) is 16.0. The lowest BCUT2D eigenvalue weighted by Gasteiger charge is -2.43. The Balaban J connectivity index is 1.22. The number of piperidine rings is 1. The van der Waals surface area contributed by atoms with E-state index in [-0.39, 0.29) is 36.6 Å². The third-order valence-corrected chi connectivity index (χ3v) is 8.25. The number of nitrogens with one attached hydrogen (secondary N) is 1. The number of anilines is 1. The van der Waals surface area contributed by atoms with Gasteiger partial charge in [0, 0.05) is 43.5 Å². The third kappa shape index (κ3) is 6.56. The summed E-state index contributed by atoms with van der Waals surface area (Å²) < 4.78 is 5.39. The zero-order chi connectivity index (χ0) is 31.1. The Kier molecular flexibility index (Phi) is 9.23. The van der Waals surface area contributed by atoms with E-state index in [1.165, 1.54) is 18.2 Å². The number of methoxy groups -OCH3 is 1. The molecule has 3 amide bonds. The zero-order valence-corrected chi connectivity index (χ0v) is 24.6. The van der Waals surface area contributed by atoms with Gasteiger partial charge in [-0.15, -0.1) is 0 Å². The second-order valence-electron chi connectivity index (χ2n) is 10.9. The lowest BCUT2D eigenvalue weighted by Crippen LogP contribution is -2.57. The van der Waals surface area contributed by atoms with Crippen LogP contribution in [0.3, 0.4) is 0 Å². The number of likely N-dealkylation sites (tertiary alicyclic amines) is 1. The molecule has 44 heavy (non-hydrogen) atoms. The highest BCUT2D eigenvalue weighted by Crippen LogP contribution is 2.39. The Labute approximate surface area is 255 Å². The first kappa shape index (κ1) is 30.3. The summed E-state index contributed by atoms with van der Waals surface area (Å²) in [6.07, 6.45) is 4.52. The topological polar surface area (TPSA) is 125 Å². The van der Waals surface area contributed by atoms with Gasteiger partial charge in [0.1, 0.15) is 17.8 Å². The highest BCUT2D eigenvalue weighted by atomic mass is 16.6. The molecular formula is C33H35N5O6. The van der Waals surface area contributed by atoms with Crippen LogP contribution in [0.5, 0.6) is 5.75 Å². The van der Waals surface area contributed by atoms with Crippen LogP contribution in [0.2, 0.25) is 0 Å². The smallest absolute Gasteiger partial charge is 0.269 e. The number of para-hydroxylation sites is 2. The van der Waals surface area contributed by atoms with Gasteiger partial charge < -0.3 is 24.8 Å². The monoisotopic (exact) mass is 597 g/mol. The van der Waals surface area contributed by atoms with Gasteiger partial charge in [0.2, 0.25) is 11.8 Å². The minimum Gasteiger partial charge on any atom is -0.496 e. The van der Waals surface area contributed by atoms with Crippen molar-refractivity contribution in [3.63, 3.8) is 0 Å². The number of benzene rings is 3. The summed E-state index contributed by atoms with van der Waals surface area (Å²) in [4.78, 5) is 55.7. The Morgan fingerprint density at radius 2 is 1.68 bits per heavy atom. The highest BCUT2D eigenvalue weighted by Gasteiger charge is 2.54. The molecule has 2 heterocycles. The van der Waals surface area contributed by atoms with E-state index in [4.69, 9.17) is 4.74 Å². The molecule has 2 fully saturated rings. The lowest BCUT2D eigenvalue weighted by molar-refractivity contribution is -0.384. The molecule has 228 valence electrons. The van der Waals surface area contributed by atoms with Crippen LogP contribution in [0, 0.1) is 10.1 Å². The van der Waals surface area contributed by atoms with Crippen molar-refractivity contribution < 1.29 is 24.0 Å². The third-order valence-electron chi connectivity index (χ3n) is 8.25. The molecule has 0 aliphatic carbocycles. The molecule has 2 aliphatic rings. The fraction of sp³-hybridized carbons (Fsp3) is 0.303. The summed E-state index contributed by atoms with van der Waals surface area (Å²) in [5.41, 5.74) is 1.68. The molecule has 0 atom stereocenters. The minimum absolute atomic E-state index is 0.0154.